The molecule has 0 aliphatic carbocycles. The van der Waals surface area contributed by atoms with Crippen LogP contribution in [0.2, 0.25) is 0 Å². The van der Waals surface area contributed by atoms with Crippen LogP contribution < -0.4 is 10.6 Å². The van der Waals surface area contributed by atoms with Gasteiger partial charge in [0, 0.05) is 12.3 Å². The fourth-order valence-electron chi connectivity index (χ4n) is 2.94. The number of benzene rings is 1. The molecule has 96 valence electrons. The molecule has 0 saturated carbocycles. The molecule has 4 heteroatoms. The summed E-state index contributed by atoms with van der Waals surface area (Å²) in [5.41, 5.74) is 8.42. The zero-order valence-electron chi connectivity index (χ0n) is 10.7. The van der Waals surface area contributed by atoms with Gasteiger partial charge in [-0.1, -0.05) is 18.2 Å². The van der Waals surface area contributed by atoms with Crippen LogP contribution in [0.25, 0.3) is 0 Å². The molecule has 0 aromatic heterocycles. The molecule has 1 aromatic rings. The Hall–Kier alpha value is -1.55. The molecule has 3 rings (SSSR count). The smallest absolute Gasteiger partial charge is 0.196 e. The van der Waals surface area contributed by atoms with Crippen molar-refractivity contribution in [1.82, 2.24) is 0 Å². The number of nitrogens with two attached hydrogens (primary N) is 1. The normalized spacial score (nSPS) is 27.6. The van der Waals surface area contributed by atoms with Gasteiger partial charge < -0.3 is 15.4 Å². The van der Waals surface area contributed by atoms with E-state index in [2.05, 4.69) is 28.9 Å². The quantitative estimate of drug-likeness (QED) is 0.819. The van der Waals surface area contributed by atoms with E-state index < -0.39 is 0 Å². The number of para-hydroxylation sites is 1. The molecule has 1 atom stereocenters. The average molecular weight is 245 g/mol. The molecule has 2 heterocycles. The van der Waals surface area contributed by atoms with Crippen molar-refractivity contribution in [3.8, 4) is 0 Å². The summed E-state index contributed by atoms with van der Waals surface area (Å²) in [6.07, 6.45) is 2.16. The zero-order valence-corrected chi connectivity index (χ0v) is 10.7. The number of nitrogens with zero attached hydrogens (tertiary/aromatic N) is 2. The molecule has 1 spiro atoms. The zero-order chi connectivity index (χ0) is 12.6. The van der Waals surface area contributed by atoms with Crippen molar-refractivity contribution < 1.29 is 4.74 Å². The first-order valence-electron chi connectivity index (χ1n) is 6.46. The summed E-state index contributed by atoms with van der Waals surface area (Å²) in [5, 5.41) is 0. The van der Waals surface area contributed by atoms with Crippen molar-refractivity contribution in [2.75, 3.05) is 24.7 Å². The largest absolute Gasteiger partial charge is 0.379 e. The highest BCUT2D eigenvalue weighted by atomic mass is 16.5. The topological polar surface area (TPSA) is 50.8 Å². The summed E-state index contributed by atoms with van der Waals surface area (Å²) < 4.78 is 5.68. The summed E-state index contributed by atoms with van der Waals surface area (Å²) in [4.78, 5) is 6.63. The van der Waals surface area contributed by atoms with E-state index in [1.807, 2.05) is 12.1 Å². The lowest BCUT2D eigenvalue weighted by molar-refractivity contribution is 0.0459. The predicted molar refractivity (Wildman–Crippen MR) is 72.9 cm³/mol. The maximum absolute atomic E-state index is 6.11. The van der Waals surface area contributed by atoms with Gasteiger partial charge in [0.25, 0.3) is 0 Å². The van der Waals surface area contributed by atoms with E-state index in [1.54, 1.807) is 0 Å². The number of anilines is 1. The number of aliphatic imine (C=N–C) groups is 1. The Kier molecular flexibility index (Phi) is 2.74. The Bertz CT molecular complexity index is 478. The molecule has 18 heavy (non-hydrogen) atoms. The van der Waals surface area contributed by atoms with Gasteiger partial charge in [0.1, 0.15) is 0 Å². The first-order chi connectivity index (χ1) is 8.73. The molecule has 1 saturated heterocycles. The van der Waals surface area contributed by atoms with Crippen LogP contribution in [0.1, 0.15) is 18.4 Å². The van der Waals surface area contributed by atoms with Gasteiger partial charge in [0.05, 0.1) is 18.7 Å². The van der Waals surface area contributed by atoms with Crippen LogP contribution in [0.3, 0.4) is 0 Å². The Morgan fingerprint density at radius 3 is 2.94 bits per heavy atom. The summed E-state index contributed by atoms with van der Waals surface area (Å²) in [5.74, 6) is 0.620. The molecule has 1 unspecified atom stereocenters. The fraction of sp³-hybridized carbons (Fsp3) is 0.500. The monoisotopic (exact) mass is 245 g/mol. The summed E-state index contributed by atoms with van der Waals surface area (Å²) in [6, 6.07) is 8.31. The molecule has 2 N–H and O–H groups in total. The Morgan fingerprint density at radius 1 is 1.39 bits per heavy atom. The Morgan fingerprint density at radius 2 is 2.22 bits per heavy atom. The minimum Gasteiger partial charge on any atom is -0.379 e. The number of hydrogen-bond donors (Lipinski definition) is 1. The van der Waals surface area contributed by atoms with E-state index >= 15 is 0 Å². The van der Waals surface area contributed by atoms with Gasteiger partial charge in [-0.15, -0.1) is 0 Å². The van der Waals surface area contributed by atoms with Crippen LogP contribution in [0, 0.1) is 6.92 Å². The van der Waals surface area contributed by atoms with Crippen molar-refractivity contribution in [2.24, 2.45) is 10.7 Å². The van der Waals surface area contributed by atoms with Crippen LogP contribution in [0.4, 0.5) is 5.69 Å². The number of rotatable bonds is 1. The van der Waals surface area contributed by atoms with Crippen molar-refractivity contribution in [3.63, 3.8) is 0 Å². The second kappa shape index (κ2) is 4.28. The van der Waals surface area contributed by atoms with Gasteiger partial charge in [-0.2, -0.15) is 0 Å². The highest BCUT2D eigenvalue weighted by Gasteiger charge is 2.44. The molecule has 1 fully saturated rings. The number of guanidine groups is 1. The molecule has 0 amide bonds. The van der Waals surface area contributed by atoms with Crippen LogP contribution in [0.15, 0.2) is 29.3 Å². The SMILES string of the molecule is Cc1ccccc1N1C(N)=NCC12CCCOC2. The van der Waals surface area contributed by atoms with E-state index in [4.69, 9.17) is 10.5 Å². The van der Waals surface area contributed by atoms with E-state index in [9.17, 15) is 0 Å². The minimum atomic E-state index is -0.0611. The Labute approximate surface area is 107 Å². The number of hydrogen-bond acceptors (Lipinski definition) is 4. The van der Waals surface area contributed by atoms with Gasteiger partial charge in [-0.3, -0.25) is 4.99 Å². The first-order valence-corrected chi connectivity index (χ1v) is 6.46. The van der Waals surface area contributed by atoms with Crippen LogP contribution in [-0.4, -0.2) is 31.3 Å². The third-order valence-corrected chi connectivity index (χ3v) is 3.90. The number of aryl methyl sites for hydroxylation is 1. The summed E-state index contributed by atoms with van der Waals surface area (Å²) in [6.45, 7) is 4.42. The van der Waals surface area contributed by atoms with Crippen molar-refractivity contribution in [1.29, 1.82) is 0 Å². The maximum atomic E-state index is 6.11. The second-order valence-corrected chi connectivity index (χ2v) is 5.18. The van der Waals surface area contributed by atoms with Gasteiger partial charge >= 0.3 is 0 Å². The molecule has 0 radical (unpaired) electrons. The molecular weight excluding hydrogens is 226 g/mol. The van der Waals surface area contributed by atoms with Gasteiger partial charge in [0.15, 0.2) is 5.96 Å². The fourth-order valence-corrected chi connectivity index (χ4v) is 2.94. The lowest BCUT2D eigenvalue weighted by Crippen LogP contribution is -2.56. The van der Waals surface area contributed by atoms with Crippen LogP contribution in [-0.2, 0) is 4.74 Å². The van der Waals surface area contributed by atoms with Crippen LogP contribution in [0.5, 0.6) is 0 Å². The Balaban J connectivity index is 2.01. The summed E-state index contributed by atoms with van der Waals surface area (Å²) in [7, 11) is 0. The standard InChI is InChI=1S/C14H19N3O/c1-11-5-2-3-6-12(11)17-13(15)16-9-14(17)7-4-8-18-10-14/h2-3,5-6H,4,7-10H2,1H3,(H2,15,16). The van der Waals surface area contributed by atoms with Crippen molar-refractivity contribution in [2.45, 2.75) is 25.3 Å². The molecule has 1 aromatic carbocycles. The minimum absolute atomic E-state index is 0.0611. The third-order valence-electron chi connectivity index (χ3n) is 3.90. The van der Waals surface area contributed by atoms with Gasteiger partial charge in [0.2, 0.25) is 0 Å². The highest BCUT2D eigenvalue weighted by molar-refractivity contribution is 5.99. The van der Waals surface area contributed by atoms with Gasteiger partial charge in [-0.05, 0) is 31.4 Å². The summed E-state index contributed by atoms with van der Waals surface area (Å²) >= 11 is 0. The van der Waals surface area contributed by atoms with Gasteiger partial charge in [-0.25, -0.2) is 0 Å². The van der Waals surface area contributed by atoms with Crippen molar-refractivity contribution in [3.05, 3.63) is 29.8 Å². The van der Waals surface area contributed by atoms with E-state index in [0.717, 1.165) is 31.7 Å². The third kappa shape index (κ3) is 1.68. The first kappa shape index (κ1) is 11.5. The van der Waals surface area contributed by atoms with E-state index in [-0.39, 0.29) is 5.54 Å². The molecule has 2 aliphatic heterocycles. The maximum Gasteiger partial charge on any atom is 0.196 e. The van der Waals surface area contributed by atoms with Crippen LogP contribution >= 0.6 is 0 Å². The van der Waals surface area contributed by atoms with E-state index in [0.29, 0.717) is 12.6 Å². The average Bonchev–Trinajstić information content (AvgIpc) is 2.69. The number of ether oxygens (including phenoxy) is 1. The van der Waals surface area contributed by atoms with E-state index in [1.165, 1.54) is 5.56 Å². The molecular formula is C14H19N3O. The lowest BCUT2D eigenvalue weighted by Gasteiger charge is -2.42. The molecule has 2 aliphatic rings. The highest BCUT2D eigenvalue weighted by Crippen LogP contribution is 2.36. The molecule has 4 nitrogen and oxygen atoms in total. The second-order valence-electron chi connectivity index (χ2n) is 5.18. The molecule has 0 bridgehead atoms. The lowest BCUT2D eigenvalue weighted by atomic mass is 9.90. The van der Waals surface area contributed by atoms with Crippen molar-refractivity contribution >= 4 is 11.6 Å². The predicted octanol–water partition coefficient (Wildman–Crippen LogP) is 1.68.